The fraction of sp³-hybridized carbons (Fsp3) is 1.00. The van der Waals surface area contributed by atoms with Crippen molar-refractivity contribution in [2.45, 2.75) is 103 Å². The van der Waals surface area contributed by atoms with Gasteiger partial charge in [-0.15, -0.1) is 0 Å². The van der Waals surface area contributed by atoms with E-state index in [4.69, 9.17) is 9.84 Å². The number of unbranched alkanes of at least 4 members (excludes halogenated alkanes) is 8. The van der Waals surface area contributed by atoms with E-state index in [0.29, 0.717) is 12.7 Å². The Labute approximate surface area is 127 Å². The third-order valence-electron chi connectivity index (χ3n) is 3.92. The first kappa shape index (κ1) is 19.9. The van der Waals surface area contributed by atoms with Crippen molar-refractivity contribution in [3.8, 4) is 0 Å². The Hall–Kier alpha value is -0.0800. The monoisotopic (exact) mass is 286 g/mol. The number of hydrogen-bond donors (Lipinski definition) is 1. The molecule has 0 heterocycles. The van der Waals surface area contributed by atoms with Gasteiger partial charge in [-0.05, 0) is 32.1 Å². The fourth-order valence-corrected chi connectivity index (χ4v) is 2.55. The van der Waals surface area contributed by atoms with Crippen LogP contribution < -0.4 is 0 Å². The van der Waals surface area contributed by atoms with E-state index < -0.39 is 0 Å². The van der Waals surface area contributed by atoms with Gasteiger partial charge in [-0.3, -0.25) is 0 Å². The first-order chi connectivity index (χ1) is 9.85. The summed E-state index contributed by atoms with van der Waals surface area (Å²) in [7, 11) is 0. The topological polar surface area (TPSA) is 29.5 Å². The third kappa shape index (κ3) is 14.3. The van der Waals surface area contributed by atoms with Crippen molar-refractivity contribution < 1.29 is 9.84 Å². The van der Waals surface area contributed by atoms with Gasteiger partial charge in [0.25, 0.3) is 0 Å². The quantitative estimate of drug-likeness (QED) is 0.381. The van der Waals surface area contributed by atoms with Crippen molar-refractivity contribution in [3.05, 3.63) is 0 Å². The maximum absolute atomic E-state index is 8.88. The first-order valence-corrected chi connectivity index (χ1v) is 9.07. The summed E-state index contributed by atoms with van der Waals surface area (Å²) >= 11 is 0. The summed E-state index contributed by atoms with van der Waals surface area (Å²) in [4.78, 5) is 0. The van der Waals surface area contributed by atoms with Crippen molar-refractivity contribution in [2.75, 3.05) is 13.2 Å². The lowest BCUT2D eigenvalue weighted by Gasteiger charge is -2.18. The number of aliphatic hydroxyl groups is 1. The highest BCUT2D eigenvalue weighted by atomic mass is 16.5. The van der Waals surface area contributed by atoms with Crippen LogP contribution in [0.2, 0.25) is 0 Å². The molecule has 0 aromatic carbocycles. The van der Waals surface area contributed by atoms with Gasteiger partial charge in [-0.25, -0.2) is 0 Å². The first-order valence-electron chi connectivity index (χ1n) is 9.07. The molecule has 1 N–H and O–H groups in total. The normalized spacial score (nSPS) is 12.8. The summed E-state index contributed by atoms with van der Waals surface area (Å²) in [5.74, 6) is 0. The van der Waals surface area contributed by atoms with Crippen LogP contribution in [0.5, 0.6) is 0 Å². The molecule has 0 aliphatic heterocycles. The molecule has 0 radical (unpaired) electrons. The number of aliphatic hydroxyl groups excluding tert-OH is 1. The van der Waals surface area contributed by atoms with Crippen LogP contribution in [0.1, 0.15) is 97.3 Å². The SMILES string of the molecule is CCCCCCCC(CCCCO)OCCCCCC. The lowest BCUT2D eigenvalue weighted by atomic mass is 10.0. The summed E-state index contributed by atoms with van der Waals surface area (Å²) in [6.07, 6.45) is 16.6. The smallest absolute Gasteiger partial charge is 0.0575 e. The van der Waals surface area contributed by atoms with Gasteiger partial charge in [0.15, 0.2) is 0 Å². The Balaban J connectivity index is 3.64. The maximum atomic E-state index is 8.88. The molecular formula is C18H38O2. The Morgan fingerprint density at radius 1 is 0.700 bits per heavy atom. The summed E-state index contributed by atoms with van der Waals surface area (Å²) in [5, 5.41) is 8.88. The lowest BCUT2D eigenvalue weighted by Crippen LogP contribution is -2.14. The van der Waals surface area contributed by atoms with Gasteiger partial charge in [0.1, 0.15) is 0 Å². The summed E-state index contributed by atoms with van der Waals surface area (Å²) < 4.78 is 6.06. The zero-order valence-corrected chi connectivity index (χ0v) is 14.0. The number of ether oxygens (including phenoxy) is 1. The maximum Gasteiger partial charge on any atom is 0.0575 e. The minimum absolute atomic E-state index is 0.319. The van der Waals surface area contributed by atoms with Gasteiger partial charge in [-0.1, -0.05) is 65.2 Å². The molecule has 20 heavy (non-hydrogen) atoms. The van der Waals surface area contributed by atoms with E-state index in [1.54, 1.807) is 0 Å². The standard InChI is InChI=1S/C18H38O2/c1-3-5-7-9-10-14-18(15-11-12-16-19)20-17-13-8-6-4-2/h18-19H,3-17H2,1-2H3. The lowest BCUT2D eigenvalue weighted by molar-refractivity contribution is 0.0351. The van der Waals surface area contributed by atoms with Crippen molar-refractivity contribution in [2.24, 2.45) is 0 Å². The highest BCUT2D eigenvalue weighted by Crippen LogP contribution is 2.15. The predicted molar refractivity (Wildman–Crippen MR) is 88.2 cm³/mol. The molecule has 1 atom stereocenters. The van der Waals surface area contributed by atoms with Gasteiger partial charge in [0.2, 0.25) is 0 Å². The second-order valence-electron chi connectivity index (χ2n) is 5.98. The van der Waals surface area contributed by atoms with Gasteiger partial charge in [0, 0.05) is 13.2 Å². The van der Waals surface area contributed by atoms with Crippen molar-refractivity contribution in [3.63, 3.8) is 0 Å². The van der Waals surface area contributed by atoms with Gasteiger partial charge < -0.3 is 9.84 Å². The molecule has 2 nitrogen and oxygen atoms in total. The van der Waals surface area contributed by atoms with Crippen LogP contribution in [0.15, 0.2) is 0 Å². The van der Waals surface area contributed by atoms with E-state index in [9.17, 15) is 0 Å². The van der Waals surface area contributed by atoms with Crippen molar-refractivity contribution >= 4 is 0 Å². The Kier molecular flexibility index (Phi) is 16.9. The minimum Gasteiger partial charge on any atom is -0.396 e. The van der Waals surface area contributed by atoms with Crippen LogP contribution in [0.25, 0.3) is 0 Å². The second kappa shape index (κ2) is 17.0. The Bertz CT molecular complexity index is 157. The molecule has 0 aliphatic rings. The number of hydrogen-bond acceptors (Lipinski definition) is 2. The molecule has 2 heteroatoms. The van der Waals surface area contributed by atoms with Gasteiger partial charge >= 0.3 is 0 Å². The molecule has 0 amide bonds. The van der Waals surface area contributed by atoms with Crippen LogP contribution in [-0.2, 0) is 4.74 Å². The molecule has 0 saturated carbocycles. The van der Waals surface area contributed by atoms with Crippen molar-refractivity contribution in [1.29, 1.82) is 0 Å². The number of rotatable bonds is 16. The van der Waals surface area contributed by atoms with E-state index in [-0.39, 0.29) is 0 Å². The molecular weight excluding hydrogens is 248 g/mol. The van der Waals surface area contributed by atoms with Gasteiger partial charge in [0.05, 0.1) is 6.10 Å². The summed E-state index contributed by atoms with van der Waals surface area (Å²) in [6, 6.07) is 0. The van der Waals surface area contributed by atoms with Gasteiger partial charge in [-0.2, -0.15) is 0 Å². The second-order valence-corrected chi connectivity index (χ2v) is 5.98. The summed E-state index contributed by atoms with van der Waals surface area (Å²) in [5.41, 5.74) is 0. The van der Waals surface area contributed by atoms with Crippen LogP contribution in [0.3, 0.4) is 0 Å². The van der Waals surface area contributed by atoms with E-state index in [1.807, 2.05) is 0 Å². The van der Waals surface area contributed by atoms with Crippen LogP contribution in [-0.4, -0.2) is 24.4 Å². The van der Waals surface area contributed by atoms with E-state index in [2.05, 4.69) is 13.8 Å². The van der Waals surface area contributed by atoms with E-state index in [1.165, 1.54) is 64.2 Å². The fourth-order valence-electron chi connectivity index (χ4n) is 2.55. The molecule has 0 aliphatic carbocycles. The molecule has 0 saturated heterocycles. The van der Waals surface area contributed by atoms with E-state index >= 15 is 0 Å². The zero-order chi connectivity index (χ0) is 14.9. The molecule has 122 valence electrons. The molecule has 0 spiro atoms. The van der Waals surface area contributed by atoms with E-state index in [0.717, 1.165) is 25.9 Å². The Morgan fingerprint density at radius 3 is 1.85 bits per heavy atom. The molecule has 0 aromatic rings. The molecule has 1 unspecified atom stereocenters. The predicted octanol–water partition coefficient (Wildman–Crippen LogP) is 5.48. The average Bonchev–Trinajstić information content (AvgIpc) is 2.46. The minimum atomic E-state index is 0.319. The highest BCUT2D eigenvalue weighted by Gasteiger charge is 2.08. The molecule has 0 rings (SSSR count). The molecule has 0 aromatic heterocycles. The summed E-state index contributed by atoms with van der Waals surface area (Å²) in [6.45, 7) is 5.75. The van der Waals surface area contributed by atoms with Crippen molar-refractivity contribution in [1.82, 2.24) is 0 Å². The molecule has 0 bridgehead atoms. The third-order valence-corrected chi connectivity index (χ3v) is 3.92. The van der Waals surface area contributed by atoms with Crippen LogP contribution in [0, 0.1) is 0 Å². The average molecular weight is 286 g/mol. The largest absolute Gasteiger partial charge is 0.396 e. The zero-order valence-electron chi connectivity index (χ0n) is 14.0. The Morgan fingerprint density at radius 2 is 1.25 bits per heavy atom. The highest BCUT2D eigenvalue weighted by molar-refractivity contribution is 4.60. The van der Waals surface area contributed by atoms with Crippen LogP contribution >= 0.6 is 0 Å². The van der Waals surface area contributed by atoms with Crippen LogP contribution in [0.4, 0.5) is 0 Å². The molecule has 0 fully saturated rings.